The minimum Gasteiger partial charge on any atom is -0.482 e. The van der Waals surface area contributed by atoms with Crippen molar-refractivity contribution in [1.82, 2.24) is 0 Å². The van der Waals surface area contributed by atoms with Crippen LogP contribution >= 0.6 is 11.6 Å². The average molecular weight is 369 g/mol. The minimum atomic E-state index is -0.641. The van der Waals surface area contributed by atoms with Crippen molar-refractivity contribution in [2.24, 2.45) is 0 Å². The smallest absolute Gasteiger partial charge is 0.262 e. The highest BCUT2D eigenvalue weighted by Gasteiger charge is 2.22. The summed E-state index contributed by atoms with van der Waals surface area (Å²) in [7, 11) is 0. The molecule has 0 spiro atoms. The van der Waals surface area contributed by atoms with Crippen LogP contribution in [0.5, 0.6) is 5.75 Å². The molecule has 2 amide bonds. The third-order valence-electron chi connectivity index (χ3n) is 4.14. The Kier molecular flexibility index (Phi) is 5.78. The highest BCUT2D eigenvalue weighted by atomic mass is 35.5. The van der Waals surface area contributed by atoms with Crippen molar-refractivity contribution < 1.29 is 23.8 Å². The molecule has 0 bridgehead atoms. The van der Waals surface area contributed by atoms with Crippen LogP contribution in [-0.4, -0.2) is 43.8 Å². The molecule has 2 unspecified atom stereocenters. The van der Waals surface area contributed by atoms with Gasteiger partial charge in [-0.25, -0.2) is 0 Å². The monoisotopic (exact) mass is 368 g/mol. The van der Waals surface area contributed by atoms with E-state index in [1.807, 2.05) is 0 Å². The molecule has 0 aromatic heterocycles. The number of amides is 2. The first-order valence-corrected chi connectivity index (χ1v) is 8.71. The van der Waals surface area contributed by atoms with Gasteiger partial charge < -0.3 is 24.8 Å². The van der Waals surface area contributed by atoms with E-state index in [-0.39, 0.29) is 24.5 Å². The van der Waals surface area contributed by atoms with Gasteiger partial charge in [-0.15, -0.1) is 0 Å². The van der Waals surface area contributed by atoms with Gasteiger partial charge in [-0.05, 0) is 32.3 Å². The third-order valence-corrected chi connectivity index (χ3v) is 4.45. The predicted octanol–water partition coefficient (Wildman–Crippen LogP) is 2.58. The minimum absolute atomic E-state index is 0.0494. The van der Waals surface area contributed by atoms with Crippen LogP contribution in [0.1, 0.15) is 26.2 Å². The van der Waals surface area contributed by atoms with Gasteiger partial charge in [0.15, 0.2) is 6.61 Å². The number of rotatable bonds is 5. The number of nitrogens with one attached hydrogen (secondary N) is 2. The van der Waals surface area contributed by atoms with Crippen LogP contribution in [0.15, 0.2) is 12.1 Å². The zero-order chi connectivity index (χ0) is 17.8. The van der Waals surface area contributed by atoms with E-state index in [2.05, 4.69) is 10.6 Å². The maximum atomic E-state index is 12.3. The van der Waals surface area contributed by atoms with Crippen molar-refractivity contribution in [2.75, 3.05) is 30.5 Å². The molecule has 2 aliphatic heterocycles. The molecule has 136 valence electrons. The largest absolute Gasteiger partial charge is 0.482 e. The molecule has 2 aliphatic rings. The number of ether oxygens (including phenoxy) is 3. The first-order valence-electron chi connectivity index (χ1n) is 8.33. The van der Waals surface area contributed by atoms with Crippen molar-refractivity contribution >= 4 is 34.8 Å². The predicted molar refractivity (Wildman–Crippen MR) is 93.2 cm³/mol. The Morgan fingerprint density at radius 3 is 3.08 bits per heavy atom. The molecule has 1 saturated heterocycles. The lowest BCUT2D eigenvalue weighted by atomic mass is 10.1. The summed E-state index contributed by atoms with van der Waals surface area (Å²) in [5, 5.41) is 5.70. The van der Waals surface area contributed by atoms with Crippen LogP contribution < -0.4 is 15.4 Å². The maximum Gasteiger partial charge on any atom is 0.262 e. The van der Waals surface area contributed by atoms with Gasteiger partial charge in [-0.2, -0.15) is 0 Å². The summed E-state index contributed by atoms with van der Waals surface area (Å²) < 4.78 is 16.5. The van der Waals surface area contributed by atoms with Crippen molar-refractivity contribution in [3.8, 4) is 5.75 Å². The van der Waals surface area contributed by atoms with Crippen LogP contribution in [0.2, 0.25) is 5.02 Å². The van der Waals surface area contributed by atoms with E-state index in [1.54, 1.807) is 19.1 Å². The van der Waals surface area contributed by atoms with Crippen LogP contribution in [-0.2, 0) is 19.1 Å². The van der Waals surface area contributed by atoms with Gasteiger partial charge in [-0.3, -0.25) is 9.59 Å². The molecule has 2 heterocycles. The van der Waals surface area contributed by atoms with Crippen LogP contribution in [0.4, 0.5) is 11.4 Å². The van der Waals surface area contributed by atoms with Gasteiger partial charge >= 0.3 is 0 Å². The van der Waals surface area contributed by atoms with E-state index in [9.17, 15) is 9.59 Å². The fraction of sp³-hybridized carbons (Fsp3) is 0.529. The highest BCUT2D eigenvalue weighted by Crippen LogP contribution is 2.36. The summed E-state index contributed by atoms with van der Waals surface area (Å²) in [5.74, 6) is -0.0895. The van der Waals surface area contributed by atoms with Crippen molar-refractivity contribution in [3.63, 3.8) is 0 Å². The van der Waals surface area contributed by atoms with Gasteiger partial charge in [0.1, 0.15) is 11.9 Å². The second-order valence-corrected chi connectivity index (χ2v) is 6.53. The van der Waals surface area contributed by atoms with Crippen LogP contribution in [0, 0.1) is 0 Å². The van der Waals surface area contributed by atoms with Gasteiger partial charge in [0.25, 0.3) is 11.8 Å². The van der Waals surface area contributed by atoms with Gasteiger partial charge in [0.2, 0.25) is 0 Å². The molecule has 2 atom stereocenters. The molecule has 1 aromatic carbocycles. The fourth-order valence-corrected chi connectivity index (χ4v) is 2.91. The van der Waals surface area contributed by atoms with Crippen LogP contribution in [0.25, 0.3) is 0 Å². The summed E-state index contributed by atoms with van der Waals surface area (Å²) in [6.07, 6.45) is 2.56. The number of hydrogen-bond donors (Lipinski definition) is 2. The van der Waals surface area contributed by atoms with E-state index in [4.69, 9.17) is 25.8 Å². The summed E-state index contributed by atoms with van der Waals surface area (Å²) in [6, 6.07) is 3.14. The Balaban J connectivity index is 1.57. The van der Waals surface area contributed by atoms with E-state index in [1.165, 1.54) is 0 Å². The third kappa shape index (κ3) is 4.62. The molecule has 2 N–H and O–H groups in total. The molecule has 0 aliphatic carbocycles. The molecule has 7 nitrogen and oxygen atoms in total. The fourth-order valence-electron chi connectivity index (χ4n) is 2.70. The summed E-state index contributed by atoms with van der Waals surface area (Å²) >= 11 is 6.17. The molecule has 3 rings (SSSR count). The Morgan fingerprint density at radius 1 is 1.48 bits per heavy atom. The second-order valence-electron chi connectivity index (χ2n) is 6.12. The number of hydrogen-bond acceptors (Lipinski definition) is 5. The van der Waals surface area contributed by atoms with E-state index < -0.39 is 6.10 Å². The van der Waals surface area contributed by atoms with Gasteiger partial charge in [0.05, 0.1) is 29.1 Å². The Hall–Kier alpha value is -1.83. The SMILES string of the molecule is CC(OCC1CCCCO1)C(=O)Nc1cc2c(cc1Cl)NC(=O)CO2. The second kappa shape index (κ2) is 8.03. The molecule has 1 aromatic rings. The molecule has 0 saturated carbocycles. The van der Waals surface area contributed by atoms with Crippen LogP contribution in [0.3, 0.4) is 0 Å². The molecular formula is C17H21ClN2O5. The zero-order valence-electron chi connectivity index (χ0n) is 14.0. The van der Waals surface area contributed by atoms with Gasteiger partial charge in [-0.1, -0.05) is 11.6 Å². The van der Waals surface area contributed by atoms with Gasteiger partial charge in [0, 0.05) is 12.7 Å². The van der Waals surface area contributed by atoms with Crippen molar-refractivity contribution in [3.05, 3.63) is 17.2 Å². The number of carbonyl (C=O) groups excluding carboxylic acids is 2. The van der Waals surface area contributed by atoms with Crippen molar-refractivity contribution in [2.45, 2.75) is 38.4 Å². The Labute approximate surface area is 151 Å². The van der Waals surface area contributed by atoms with Crippen molar-refractivity contribution in [1.29, 1.82) is 0 Å². The average Bonchev–Trinajstić information content (AvgIpc) is 2.61. The molecule has 0 radical (unpaired) electrons. The number of fused-ring (bicyclic) bond motifs is 1. The lowest BCUT2D eigenvalue weighted by Crippen LogP contribution is -2.32. The first-order chi connectivity index (χ1) is 12.0. The quantitative estimate of drug-likeness (QED) is 0.834. The molecule has 1 fully saturated rings. The molecular weight excluding hydrogens is 348 g/mol. The number of carbonyl (C=O) groups is 2. The summed E-state index contributed by atoms with van der Waals surface area (Å²) in [4.78, 5) is 23.6. The Bertz CT molecular complexity index is 661. The van der Waals surface area contributed by atoms with E-state index in [0.29, 0.717) is 28.8 Å². The van der Waals surface area contributed by atoms with E-state index in [0.717, 1.165) is 25.9 Å². The maximum absolute atomic E-state index is 12.3. The number of halogens is 1. The standard InChI is InChI=1S/C17H21ClN2O5/c1-10(24-8-11-4-2-3-5-23-11)17(22)20-13-7-15-14(6-12(13)18)19-16(21)9-25-15/h6-7,10-11H,2-5,8-9H2,1H3,(H,19,21)(H,20,22). The zero-order valence-corrected chi connectivity index (χ0v) is 14.7. The lowest BCUT2D eigenvalue weighted by molar-refractivity contribution is -0.130. The summed E-state index contributed by atoms with van der Waals surface area (Å²) in [5.41, 5.74) is 0.893. The normalized spacial score (nSPS) is 20.9. The molecule has 8 heteroatoms. The Morgan fingerprint density at radius 2 is 2.32 bits per heavy atom. The topological polar surface area (TPSA) is 85.9 Å². The highest BCUT2D eigenvalue weighted by molar-refractivity contribution is 6.34. The number of benzene rings is 1. The van der Waals surface area contributed by atoms with E-state index >= 15 is 0 Å². The lowest BCUT2D eigenvalue weighted by Gasteiger charge is -2.24. The number of anilines is 2. The summed E-state index contributed by atoms with van der Waals surface area (Å²) in [6.45, 7) is 2.75. The first kappa shape index (κ1) is 18.0. The molecule has 25 heavy (non-hydrogen) atoms.